The molecule has 0 fully saturated rings. The minimum absolute atomic E-state index is 0.401. The van der Waals surface area contributed by atoms with Crippen LogP contribution in [0.5, 0.6) is 0 Å². The van der Waals surface area contributed by atoms with Crippen molar-refractivity contribution in [3.05, 3.63) is 66.9 Å². The Morgan fingerprint density at radius 1 is 1.00 bits per heavy atom. The van der Waals surface area contributed by atoms with Crippen molar-refractivity contribution in [1.29, 1.82) is 0 Å². The Balaban J connectivity index is 1.62. The van der Waals surface area contributed by atoms with Gasteiger partial charge in [0.25, 0.3) is 0 Å². The minimum Gasteiger partial charge on any atom is -0.385 e. The number of benzene rings is 2. The van der Waals surface area contributed by atoms with Gasteiger partial charge >= 0.3 is 0 Å². The van der Waals surface area contributed by atoms with Crippen LogP contribution in [0.1, 0.15) is 0 Å². The molecule has 0 aliphatic rings. The number of aromatic nitrogens is 3. The van der Waals surface area contributed by atoms with Crippen molar-refractivity contribution in [2.24, 2.45) is 0 Å². The van der Waals surface area contributed by atoms with Crippen LogP contribution in [0.3, 0.4) is 0 Å². The molecule has 28 heavy (non-hydrogen) atoms. The van der Waals surface area contributed by atoms with Crippen molar-refractivity contribution in [2.75, 3.05) is 22.0 Å². The summed E-state index contributed by atoms with van der Waals surface area (Å²) in [5.41, 5.74) is 8.34. The first-order valence-electron chi connectivity index (χ1n) is 8.43. The second-order valence-electron chi connectivity index (χ2n) is 6.28. The zero-order chi connectivity index (χ0) is 19.7. The summed E-state index contributed by atoms with van der Waals surface area (Å²) < 4.78 is 26.9. The molecule has 0 spiro atoms. The molecule has 2 aromatic carbocycles. The van der Waals surface area contributed by atoms with Crippen molar-refractivity contribution in [3.63, 3.8) is 0 Å². The highest BCUT2D eigenvalue weighted by atomic mass is 32.2. The molecule has 9 heteroatoms. The number of anilines is 4. The molecular weight excluding hydrogens is 376 g/mol. The summed E-state index contributed by atoms with van der Waals surface area (Å²) in [6, 6.07) is 18.4. The Bertz CT molecular complexity index is 1250. The summed E-state index contributed by atoms with van der Waals surface area (Å²) in [5, 5.41) is 4.14. The van der Waals surface area contributed by atoms with Crippen molar-refractivity contribution >= 4 is 44.1 Å². The third kappa shape index (κ3) is 3.74. The van der Waals surface area contributed by atoms with E-state index in [2.05, 4.69) is 20.0 Å². The van der Waals surface area contributed by atoms with E-state index >= 15 is 0 Å². The summed E-state index contributed by atoms with van der Waals surface area (Å²) in [5.74, 6) is 1.63. The molecule has 8 nitrogen and oxygen atoms in total. The van der Waals surface area contributed by atoms with Crippen molar-refractivity contribution < 1.29 is 8.42 Å². The van der Waals surface area contributed by atoms with E-state index in [1.807, 2.05) is 34.9 Å². The number of hydrogen-bond donors (Lipinski definition) is 3. The number of sulfonamides is 1. The topological polar surface area (TPSA) is 115 Å². The summed E-state index contributed by atoms with van der Waals surface area (Å²) in [6.45, 7) is 0. The van der Waals surface area contributed by atoms with E-state index in [4.69, 9.17) is 5.73 Å². The molecule has 4 aromatic rings. The molecule has 0 radical (unpaired) electrons. The number of rotatable bonds is 5. The van der Waals surface area contributed by atoms with Crippen LogP contribution in [-0.4, -0.2) is 29.2 Å². The highest BCUT2D eigenvalue weighted by Gasteiger charge is 2.10. The first-order chi connectivity index (χ1) is 13.4. The second-order valence-corrected chi connectivity index (χ2v) is 8.03. The Morgan fingerprint density at radius 2 is 1.71 bits per heavy atom. The van der Waals surface area contributed by atoms with E-state index in [1.54, 1.807) is 36.5 Å². The van der Waals surface area contributed by atoms with Crippen LogP contribution in [0.25, 0.3) is 16.7 Å². The van der Waals surface area contributed by atoms with Gasteiger partial charge in [0.15, 0.2) is 0 Å². The largest absolute Gasteiger partial charge is 0.385 e. The smallest absolute Gasteiger partial charge is 0.229 e. The van der Waals surface area contributed by atoms with E-state index in [9.17, 15) is 8.42 Å². The normalized spacial score (nSPS) is 11.5. The Labute approximate surface area is 162 Å². The first-order valence-corrected chi connectivity index (χ1v) is 10.3. The molecule has 0 aliphatic heterocycles. The zero-order valence-corrected chi connectivity index (χ0v) is 15.8. The number of nitrogens with one attached hydrogen (secondary N) is 2. The van der Waals surface area contributed by atoms with Crippen LogP contribution in [0, 0.1) is 0 Å². The van der Waals surface area contributed by atoms with Crippen molar-refractivity contribution in [2.45, 2.75) is 0 Å². The summed E-state index contributed by atoms with van der Waals surface area (Å²) >= 11 is 0. The predicted molar refractivity (Wildman–Crippen MR) is 111 cm³/mol. The lowest BCUT2D eigenvalue weighted by Crippen LogP contribution is -2.09. The molecule has 0 saturated carbocycles. The van der Waals surface area contributed by atoms with Gasteiger partial charge in [-0.05, 0) is 42.5 Å². The molecule has 142 valence electrons. The minimum atomic E-state index is -3.31. The molecule has 2 heterocycles. The Hall–Kier alpha value is -3.59. The zero-order valence-electron chi connectivity index (χ0n) is 15.0. The van der Waals surface area contributed by atoms with Gasteiger partial charge in [0, 0.05) is 23.0 Å². The van der Waals surface area contributed by atoms with Gasteiger partial charge in [-0.15, -0.1) is 0 Å². The van der Waals surface area contributed by atoms with E-state index in [1.165, 1.54) is 0 Å². The van der Waals surface area contributed by atoms with Gasteiger partial charge in [0.05, 0.1) is 11.8 Å². The first kappa shape index (κ1) is 17.8. The molecule has 0 saturated heterocycles. The fourth-order valence-electron chi connectivity index (χ4n) is 2.93. The molecule has 0 atom stereocenters. The lowest BCUT2D eigenvalue weighted by molar-refractivity contribution is 0.607. The molecule has 2 aromatic heterocycles. The number of hydrogen-bond acceptors (Lipinski definition) is 6. The van der Waals surface area contributed by atoms with E-state index in [0.29, 0.717) is 23.3 Å². The molecule has 0 unspecified atom stereocenters. The van der Waals surface area contributed by atoms with Crippen LogP contribution >= 0.6 is 0 Å². The predicted octanol–water partition coefficient (Wildman–Crippen LogP) is 3.12. The van der Waals surface area contributed by atoms with Gasteiger partial charge in [-0.25, -0.2) is 13.4 Å². The van der Waals surface area contributed by atoms with Crippen LogP contribution in [-0.2, 0) is 10.0 Å². The van der Waals surface area contributed by atoms with E-state index < -0.39 is 10.0 Å². The third-order valence-electron chi connectivity index (χ3n) is 4.05. The number of fused-ring (bicyclic) bond motifs is 1. The maximum absolute atomic E-state index is 11.3. The summed E-state index contributed by atoms with van der Waals surface area (Å²) in [4.78, 5) is 8.80. The molecule has 4 N–H and O–H groups in total. The number of nitrogens with two attached hydrogens (primary N) is 1. The maximum Gasteiger partial charge on any atom is 0.229 e. The van der Waals surface area contributed by atoms with Gasteiger partial charge in [-0.2, -0.15) is 4.98 Å². The molecular formula is C19H18N6O2S. The quantitative estimate of drug-likeness (QED) is 0.479. The third-order valence-corrected chi connectivity index (χ3v) is 4.66. The molecule has 4 rings (SSSR count). The van der Waals surface area contributed by atoms with Crippen molar-refractivity contribution in [1.82, 2.24) is 14.5 Å². The highest BCUT2D eigenvalue weighted by molar-refractivity contribution is 7.92. The van der Waals surface area contributed by atoms with Gasteiger partial charge in [0.1, 0.15) is 11.6 Å². The van der Waals surface area contributed by atoms with E-state index in [-0.39, 0.29) is 0 Å². The van der Waals surface area contributed by atoms with Crippen LogP contribution in [0.15, 0.2) is 66.9 Å². The van der Waals surface area contributed by atoms with Crippen LogP contribution < -0.4 is 15.8 Å². The second kappa shape index (κ2) is 6.86. The molecule has 0 aliphatic carbocycles. The van der Waals surface area contributed by atoms with Gasteiger partial charge < -0.3 is 11.1 Å². The lowest BCUT2D eigenvalue weighted by Gasteiger charge is -2.10. The Kier molecular flexibility index (Phi) is 4.36. The average Bonchev–Trinajstić information content (AvgIpc) is 2.98. The molecule has 0 amide bonds. The van der Waals surface area contributed by atoms with Gasteiger partial charge in [-0.1, -0.05) is 18.2 Å². The number of nitrogen functional groups attached to an aromatic ring is 1. The highest BCUT2D eigenvalue weighted by Crippen LogP contribution is 2.25. The summed E-state index contributed by atoms with van der Waals surface area (Å²) in [7, 11) is -3.31. The van der Waals surface area contributed by atoms with Gasteiger partial charge in [0.2, 0.25) is 16.0 Å². The number of para-hydroxylation sites is 1. The number of nitrogens with zero attached hydrogens (tertiary/aromatic N) is 3. The van der Waals surface area contributed by atoms with Crippen molar-refractivity contribution in [3.8, 4) is 5.82 Å². The monoisotopic (exact) mass is 394 g/mol. The fraction of sp³-hybridized carbons (Fsp3) is 0.0526. The lowest BCUT2D eigenvalue weighted by atomic mass is 10.2. The van der Waals surface area contributed by atoms with Gasteiger partial charge in [-0.3, -0.25) is 9.29 Å². The average molecular weight is 394 g/mol. The fourth-order valence-corrected chi connectivity index (χ4v) is 3.49. The SMILES string of the molecule is CS(=O)(=O)Nc1ccc(Nc2nccc(-n3c(N)cc4ccccc43)n2)cc1. The van der Waals surface area contributed by atoms with Crippen LogP contribution in [0.2, 0.25) is 0 Å². The maximum atomic E-state index is 11.3. The summed E-state index contributed by atoms with van der Waals surface area (Å²) in [6.07, 6.45) is 2.76. The standard InChI is InChI=1S/C19H18N6O2S/c1-28(26,27)24-15-8-6-14(7-9-15)22-19-21-11-10-18(23-19)25-16-5-3-2-4-13(16)12-17(25)20/h2-12,24H,20H2,1H3,(H,21,22,23). The molecule has 0 bridgehead atoms. The van der Waals surface area contributed by atoms with Crippen LogP contribution in [0.4, 0.5) is 23.1 Å². The Morgan fingerprint density at radius 3 is 2.46 bits per heavy atom. The van der Waals surface area contributed by atoms with E-state index in [0.717, 1.165) is 22.8 Å².